The Hall–Kier alpha value is 0.514. The van der Waals surface area contributed by atoms with E-state index in [9.17, 15) is 0 Å². The van der Waals surface area contributed by atoms with Gasteiger partial charge in [0.05, 0.1) is 0 Å². The molecule has 0 rings (SSSR count). The SMILES string of the molecule is CCCCOCC[O][Ti]([O]C(C)C)([O]C(C)C)[O]C(C)C. The van der Waals surface area contributed by atoms with Crippen molar-refractivity contribution in [1.29, 1.82) is 0 Å². The first-order valence-corrected chi connectivity index (χ1v) is 10.6. The van der Waals surface area contributed by atoms with Crippen molar-refractivity contribution in [2.75, 3.05) is 19.8 Å². The van der Waals surface area contributed by atoms with Crippen LogP contribution < -0.4 is 0 Å². The number of rotatable bonds is 13. The van der Waals surface area contributed by atoms with Gasteiger partial charge in [0.2, 0.25) is 0 Å². The van der Waals surface area contributed by atoms with Crippen LogP contribution in [-0.4, -0.2) is 38.1 Å². The molecule has 21 heavy (non-hydrogen) atoms. The van der Waals surface area contributed by atoms with Gasteiger partial charge < -0.3 is 0 Å². The van der Waals surface area contributed by atoms with Crippen LogP contribution in [0.1, 0.15) is 61.3 Å². The molecule has 0 saturated carbocycles. The van der Waals surface area contributed by atoms with Gasteiger partial charge in [0.25, 0.3) is 0 Å². The van der Waals surface area contributed by atoms with Crippen LogP contribution in [0.4, 0.5) is 0 Å². The summed E-state index contributed by atoms with van der Waals surface area (Å²) in [7, 11) is 0. The molecule has 0 atom stereocenters. The fraction of sp³-hybridized carbons (Fsp3) is 1.00. The molecule has 0 aliphatic carbocycles. The van der Waals surface area contributed by atoms with Gasteiger partial charge in [-0.25, -0.2) is 0 Å². The summed E-state index contributed by atoms with van der Waals surface area (Å²) in [6, 6.07) is 0. The molecule has 0 fully saturated rings. The molecule has 0 bridgehead atoms. The molecule has 0 saturated heterocycles. The third kappa shape index (κ3) is 11.7. The predicted octanol–water partition coefficient (Wildman–Crippen LogP) is 3.91. The van der Waals surface area contributed by atoms with Gasteiger partial charge in [-0.2, -0.15) is 0 Å². The van der Waals surface area contributed by atoms with Gasteiger partial charge in [-0.1, -0.05) is 0 Å². The van der Waals surface area contributed by atoms with Crippen molar-refractivity contribution in [3.63, 3.8) is 0 Å². The molecular formula is C15H34O5Ti. The van der Waals surface area contributed by atoms with Crippen LogP contribution in [0.2, 0.25) is 0 Å². The standard InChI is InChI=1S/C6H13O2.3C3H7O.Ti/c1-2-3-5-8-6-4-7;3*1-3(2)4;/h2-6H2,1H3;3*3H,1-2H3;/q4*-1;+4. The van der Waals surface area contributed by atoms with E-state index in [0.29, 0.717) is 13.2 Å². The van der Waals surface area contributed by atoms with E-state index in [-0.39, 0.29) is 18.3 Å². The quantitative estimate of drug-likeness (QED) is 0.375. The predicted molar refractivity (Wildman–Crippen MR) is 80.3 cm³/mol. The Bertz CT molecular complexity index is 220. The van der Waals surface area contributed by atoms with Crippen LogP contribution in [0.15, 0.2) is 0 Å². The van der Waals surface area contributed by atoms with Crippen LogP contribution in [0, 0.1) is 0 Å². The van der Waals surface area contributed by atoms with Crippen LogP contribution in [0.25, 0.3) is 0 Å². The van der Waals surface area contributed by atoms with Crippen molar-refractivity contribution >= 4 is 0 Å². The summed E-state index contributed by atoms with van der Waals surface area (Å²) in [6.07, 6.45) is 2.21. The summed E-state index contributed by atoms with van der Waals surface area (Å²) in [4.78, 5) is 0. The van der Waals surface area contributed by atoms with Crippen LogP contribution in [0.5, 0.6) is 0 Å². The van der Waals surface area contributed by atoms with Crippen molar-refractivity contribution in [1.82, 2.24) is 0 Å². The second kappa shape index (κ2) is 12.0. The Morgan fingerprint density at radius 3 is 1.57 bits per heavy atom. The van der Waals surface area contributed by atoms with E-state index in [4.69, 9.17) is 18.0 Å². The fourth-order valence-corrected chi connectivity index (χ4v) is 5.43. The summed E-state index contributed by atoms with van der Waals surface area (Å²) in [6.45, 7) is 15.7. The Morgan fingerprint density at radius 1 is 0.714 bits per heavy atom. The normalized spacial score (nSPS) is 12.9. The monoisotopic (exact) mass is 342 g/mol. The average Bonchev–Trinajstić information content (AvgIpc) is 2.30. The third-order valence-corrected chi connectivity index (χ3v) is 6.72. The molecule has 0 unspecified atom stereocenters. The number of hydrogen-bond acceptors (Lipinski definition) is 5. The molecule has 0 radical (unpaired) electrons. The minimum atomic E-state index is -3.72. The topological polar surface area (TPSA) is 46.2 Å². The van der Waals surface area contributed by atoms with E-state index in [0.717, 1.165) is 19.4 Å². The summed E-state index contributed by atoms with van der Waals surface area (Å²) < 4.78 is 29.3. The molecule has 0 aromatic heterocycles. The van der Waals surface area contributed by atoms with Gasteiger partial charge in [-0.3, -0.25) is 0 Å². The van der Waals surface area contributed by atoms with Gasteiger partial charge >= 0.3 is 136 Å². The van der Waals surface area contributed by atoms with E-state index < -0.39 is 18.1 Å². The van der Waals surface area contributed by atoms with Crippen molar-refractivity contribution in [3.8, 4) is 0 Å². The van der Waals surface area contributed by atoms with E-state index >= 15 is 0 Å². The summed E-state index contributed by atoms with van der Waals surface area (Å²) in [5.74, 6) is 0. The zero-order valence-electron chi connectivity index (χ0n) is 14.8. The first-order chi connectivity index (χ1) is 9.81. The van der Waals surface area contributed by atoms with Gasteiger partial charge in [-0.15, -0.1) is 0 Å². The van der Waals surface area contributed by atoms with Crippen molar-refractivity contribution in [3.05, 3.63) is 0 Å². The Morgan fingerprint density at radius 2 is 1.19 bits per heavy atom. The second-order valence-corrected chi connectivity index (χ2v) is 8.93. The van der Waals surface area contributed by atoms with E-state index in [1.807, 2.05) is 41.5 Å². The minimum absolute atomic E-state index is 0.00325. The summed E-state index contributed by atoms with van der Waals surface area (Å²) in [5.41, 5.74) is 0. The Labute approximate surface area is 135 Å². The number of ether oxygens (including phenoxy) is 1. The van der Waals surface area contributed by atoms with Gasteiger partial charge in [0.15, 0.2) is 0 Å². The maximum atomic E-state index is 5.95. The van der Waals surface area contributed by atoms with E-state index in [1.165, 1.54) is 0 Å². The molecule has 6 heteroatoms. The first-order valence-electron chi connectivity index (χ1n) is 8.06. The molecule has 5 nitrogen and oxygen atoms in total. The Balaban J connectivity index is 4.51. The maximum absolute atomic E-state index is 5.95. The molecule has 0 spiro atoms. The van der Waals surface area contributed by atoms with Crippen molar-refractivity contribution < 1.29 is 36.2 Å². The molecule has 0 aromatic rings. The molecule has 0 aliphatic heterocycles. The Kier molecular flexibility index (Phi) is 12.3. The molecule has 0 aliphatic rings. The third-order valence-electron chi connectivity index (χ3n) is 2.29. The summed E-state index contributed by atoms with van der Waals surface area (Å²) >= 11 is -3.72. The van der Waals surface area contributed by atoms with Gasteiger partial charge in [-0.05, 0) is 0 Å². The van der Waals surface area contributed by atoms with Gasteiger partial charge in [0, 0.05) is 0 Å². The first kappa shape index (κ1) is 21.5. The zero-order chi connectivity index (χ0) is 16.3. The zero-order valence-corrected chi connectivity index (χ0v) is 16.4. The summed E-state index contributed by atoms with van der Waals surface area (Å²) in [5, 5.41) is 0. The van der Waals surface area contributed by atoms with Gasteiger partial charge in [0.1, 0.15) is 0 Å². The second-order valence-electron chi connectivity index (χ2n) is 5.81. The molecule has 0 heterocycles. The van der Waals surface area contributed by atoms with Crippen LogP contribution in [0.3, 0.4) is 0 Å². The van der Waals surface area contributed by atoms with Crippen molar-refractivity contribution in [2.24, 2.45) is 0 Å². The molecule has 0 aromatic carbocycles. The van der Waals surface area contributed by atoms with E-state index in [2.05, 4.69) is 6.92 Å². The number of hydrogen-bond donors (Lipinski definition) is 0. The van der Waals surface area contributed by atoms with Crippen molar-refractivity contribution in [2.45, 2.75) is 79.6 Å². The molecule has 0 amide bonds. The molecule has 0 N–H and O–H groups in total. The van der Waals surface area contributed by atoms with Crippen LogP contribution in [-0.2, 0) is 36.2 Å². The fourth-order valence-electron chi connectivity index (χ4n) is 1.63. The van der Waals surface area contributed by atoms with E-state index in [1.54, 1.807) is 0 Å². The number of unbranched alkanes of at least 4 members (excludes halogenated alkanes) is 1. The molecule has 128 valence electrons. The van der Waals surface area contributed by atoms with Crippen LogP contribution >= 0.6 is 0 Å². The average molecular weight is 342 g/mol. The molecular weight excluding hydrogens is 308 g/mol.